The van der Waals surface area contributed by atoms with E-state index in [9.17, 15) is 9.00 Å². The minimum atomic E-state index is -0.746. The molecule has 0 aromatic rings. The zero-order valence-electron chi connectivity index (χ0n) is 7.67. The van der Waals surface area contributed by atoms with Crippen LogP contribution in [0.2, 0.25) is 0 Å². The second-order valence-corrected chi connectivity index (χ2v) is 4.22. The molecule has 0 bridgehead atoms. The van der Waals surface area contributed by atoms with Gasteiger partial charge in [0.25, 0.3) is 0 Å². The zero-order valence-corrected chi connectivity index (χ0v) is 8.49. The van der Waals surface area contributed by atoms with E-state index in [0.29, 0.717) is 18.6 Å². The second kappa shape index (κ2) is 7.28. The van der Waals surface area contributed by atoms with E-state index in [0.717, 1.165) is 12.2 Å². The van der Waals surface area contributed by atoms with Crippen molar-refractivity contribution in [1.29, 1.82) is 0 Å². The second-order valence-electron chi connectivity index (χ2n) is 2.53. The highest BCUT2D eigenvalue weighted by molar-refractivity contribution is 7.84. The Hall–Kier alpha value is -0.380. The Morgan fingerprint density at radius 1 is 1.42 bits per heavy atom. The number of carbonyl (C=O) groups is 1. The number of methoxy groups -OCH3 is 1. The van der Waals surface area contributed by atoms with E-state index >= 15 is 0 Å². The Labute approximate surface area is 75.9 Å². The van der Waals surface area contributed by atoms with Crippen LogP contribution in [-0.2, 0) is 20.3 Å². The van der Waals surface area contributed by atoms with Crippen LogP contribution in [0, 0.1) is 0 Å². The van der Waals surface area contributed by atoms with E-state index in [1.807, 2.05) is 6.92 Å². The van der Waals surface area contributed by atoms with Crippen LogP contribution >= 0.6 is 0 Å². The van der Waals surface area contributed by atoms with Gasteiger partial charge in [-0.1, -0.05) is 6.92 Å². The Balaban J connectivity index is 3.30. The van der Waals surface area contributed by atoms with Gasteiger partial charge in [-0.2, -0.15) is 0 Å². The molecule has 0 fully saturated rings. The van der Waals surface area contributed by atoms with Gasteiger partial charge >= 0.3 is 5.97 Å². The van der Waals surface area contributed by atoms with Crippen LogP contribution < -0.4 is 0 Å². The van der Waals surface area contributed by atoms with E-state index in [-0.39, 0.29) is 5.97 Å². The predicted molar refractivity (Wildman–Crippen MR) is 49.4 cm³/mol. The van der Waals surface area contributed by atoms with Crippen LogP contribution in [-0.4, -0.2) is 28.8 Å². The summed E-state index contributed by atoms with van der Waals surface area (Å²) >= 11 is 0. The number of rotatable bonds is 6. The molecule has 72 valence electrons. The van der Waals surface area contributed by atoms with Crippen molar-refractivity contribution in [3.8, 4) is 0 Å². The van der Waals surface area contributed by atoms with Crippen LogP contribution in [0.1, 0.15) is 26.2 Å². The average molecular weight is 192 g/mol. The van der Waals surface area contributed by atoms with Crippen molar-refractivity contribution in [3.63, 3.8) is 0 Å². The summed E-state index contributed by atoms with van der Waals surface area (Å²) in [7, 11) is 0.620. The molecule has 3 nitrogen and oxygen atoms in total. The first-order valence-corrected chi connectivity index (χ1v) is 5.61. The maximum atomic E-state index is 11.1. The van der Waals surface area contributed by atoms with Gasteiger partial charge in [0.05, 0.1) is 7.11 Å². The molecule has 1 atom stereocenters. The van der Waals surface area contributed by atoms with Crippen molar-refractivity contribution in [2.45, 2.75) is 26.2 Å². The summed E-state index contributed by atoms with van der Waals surface area (Å²) in [5, 5.41) is 0. The molecule has 0 spiro atoms. The number of hydrogen-bond acceptors (Lipinski definition) is 3. The summed E-state index contributed by atoms with van der Waals surface area (Å²) in [6, 6.07) is 0. The van der Waals surface area contributed by atoms with Gasteiger partial charge in [0.1, 0.15) is 0 Å². The van der Waals surface area contributed by atoms with E-state index in [4.69, 9.17) is 0 Å². The van der Waals surface area contributed by atoms with Crippen LogP contribution in [0.25, 0.3) is 0 Å². The fourth-order valence-corrected chi connectivity index (χ4v) is 1.94. The highest BCUT2D eigenvalue weighted by Crippen LogP contribution is 1.96. The Morgan fingerprint density at radius 2 is 2.08 bits per heavy atom. The maximum absolute atomic E-state index is 11.1. The topological polar surface area (TPSA) is 43.4 Å². The Kier molecular flexibility index (Phi) is 7.05. The summed E-state index contributed by atoms with van der Waals surface area (Å²) in [5.74, 6) is 1.13. The number of carbonyl (C=O) groups excluding carboxylic acids is 1. The summed E-state index contributed by atoms with van der Waals surface area (Å²) in [6.45, 7) is 2.00. The highest BCUT2D eigenvalue weighted by atomic mass is 32.2. The average Bonchev–Trinajstić information content (AvgIpc) is 2.04. The predicted octanol–water partition coefficient (Wildman–Crippen LogP) is 1.10. The fraction of sp³-hybridized carbons (Fsp3) is 0.875. The Morgan fingerprint density at radius 3 is 2.58 bits per heavy atom. The first-order chi connectivity index (χ1) is 5.70. The minimum absolute atomic E-state index is 0.219. The van der Waals surface area contributed by atoms with Crippen LogP contribution in [0.15, 0.2) is 0 Å². The molecular formula is C8H16O3S. The summed E-state index contributed by atoms with van der Waals surface area (Å²) in [4.78, 5) is 10.6. The van der Waals surface area contributed by atoms with Crippen LogP contribution in [0.3, 0.4) is 0 Å². The van der Waals surface area contributed by atoms with Gasteiger partial charge < -0.3 is 4.74 Å². The molecule has 4 heteroatoms. The van der Waals surface area contributed by atoms with Gasteiger partial charge in [0, 0.05) is 28.7 Å². The fourth-order valence-electron chi connectivity index (χ4n) is 0.809. The Bertz CT molecular complexity index is 156. The third kappa shape index (κ3) is 6.34. The minimum Gasteiger partial charge on any atom is -0.469 e. The maximum Gasteiger partial charge on any atom is 0.305 e. The monoisotopic (exact) mass is 192 g/mol. The summed E-state index contributed by atoms with van der Waals surface area (Å²) in [6.07, 6.45) is 1.98. The van der Waals surface area contributed by atoms with Crippen molar-refractivity contribution in [2.24, 2.45) is 0 Å². The van der Waals surface area contributed by atoms with E-state index in [1.54, 1.807) is 0 Å². The number of ether oxygens (including phenoxy) is 1. The van der Waals surface area contributed by atoms with Gasteiger partial charge in [0.15, 0.2) is 0 Å². The quantitative estimate of drug-likeness (QED) is 0.592. The van der Waals surface area contributed by atoms with E-state index < -0.39 is 10.8 Å². The third-order valence-electron chi connectivity index (χ3n) is 1.41. The van der Waals surface area contributed by atoms with Crippen molar-refractivity contribution < 1.29 is 13.7 Å². The molecular weight excluding hydrogens is 176 g/mol. The molecule has 0 heterocycles. The molecule has 12 heavy (non-hydrogen) atoms. The zero-order chi connectivity index (χ0) is 9.40. The lowest BCUT2D eigenvalue weighted by Crippen LogP contribution is -2.06. The van der Waals surface area contributed by atoms with Gasteiger partial charge in [-0.25, -0.2) is 0 Å². The number of hydrogen-bond donors (Lipinski definition) is 0. The normalized spacial score (nSPS) is 12.5. The molecule has 1 unspecified atom stereocenters. The third-order valence-corrected chi connectivity index (χ3v) is 3.02. The lowest BCUT2D eigenvalue weighted by molar-refractivity contribution is -0.140. The van der Waals surface area contributed by atoms with Gasteiger partial charge in [-0.15, -0.1) is 0 Å². The molecule has 0 rings (SSSR count). The first-order valence-electron chi connectivity index (χ1n) is 4.12. The van der Waals surface area contributed by atoms with Gasteiger partial charge in [-0.05, 0) is 12.8 Å². The van der Waals surface area contributed by atoms with Crippen LogP contribution in [0.4, 0.5) is 0 Å². The molecule has 0 N–H and O–H groups in total. The van der Waals surface area contributed by atoms with Crippen molar-refractivity contribution in [3.05, 3.63) is 0 Å². The molecule has 0 aromatic carbocycles. The molecule has 0 aliphatic rings. The molecule has 0 saturated carbocycles. The van der Waals surface area contributed by atoms with Crippen molar-refractivity contribution in [2.75, 3.05) is 18.6 Å². The smallest absolute Gasteiger partial charge is 0.305 e. The van der Waals surface area contributed by atoms with Crippen molar-refractivity contribution >= 4 is 16.8 Å². The molecule has 0 aliphatic heterocycles. The molecule has 0 radical (unpaired) electrons. The summed E-state index contributed by atoms with van der Waals surface area (Å²) < 4.78 is 15.5. The van der Waals surface area contributed by atoms with E-state index in [2.05, 4.69) is 4.74 Å². The SMILES string of the molecule is CCCS(=O)CCCC(=O)OC. The van der Waals surface area contributed by atoms with E-state index in [1.165, 1.54) is 7.11 Å². The lowest BCUT2D eigenvalue weighted by Gasteiger charge is -1.99. The standard InChI is InChI=1S/C8H16O3S/c1-3-6-12(10)7-4-5-8(9)11-2/h3-7H2,1-2H3. The lowest BCUT2D eigenvalue weighted by atomic mass is 10.3. The van der Waals surface area contributed by atoms with Gasteiger partial charge in [0.2, 0.25) is 0 Å². The first kappa shape index (κ1) is 11.6. The molecule has 0 amide bonds. The summed E-state index contributed by atoms with van der Waals surface area (Å²) in [5.41, 5.74) is 0. The number of esters is 1. The molecule has 0 aromatic heterocycles. The van der Waals surface area contributed by atoms with Crippen LogP contribution in [0.5, 0.6) is 0 Å². The van der Waals surface area contributed by atoms with Crippen molar-refractivity contribution in [1.82, 2.24) is 0 Å². The highest BCUT2D eigenvalue weighted by Gasteiger charge is 2.02. The molecule has 0 saturated heterocycles. The van der Waals surface area contributed by atoms with Gasteiger partial charge in [-0.3, -0.25) is 9.00 Å². The molecule has 0 aliphatic carbocycles. The largest absolute Gasteiger partial charge is 0.469 e.